The fourth-order valence-corrected chi connectivity index (χ4v) is 2.13. The molecule has 1 aromatic carbocycles. The second kappa shape index (κ2) is 5.77. The van der Waals surface area contributed by atoms with E-state index in [0.717, 1.165) is 23.8 Å². The molecule has 0 amide bonds. The molecule has 0 spiro atoms. The predicted octanol–water partition coefficient (Wildman–Crippen LogP) is 2.21. The van der Waals surface area contributed by atoms with Gasteiger partial charge in [-0.15, -0.1) is 0 Å². The zero-order valence-electron chi connectivity index (χ0n) is 10.7. The van der Waals surface area contributed by atoms with Gasteiger partial charge >= 0.3 is 0 Å². The van der Waals surface area contributed by atoms with Gasteiger partial charge in [0.15, 0.2) is 0 Å². The van der Waals surface area contributed by atoms with Crippen LogP contribution in [0.1, 0.15) is 16.7 Å². The summed E-state index contributed by atoms with van der Waals surface area (Å²) in [5, 5.41) is 11.3. The van der Waals surface area contributed by atoms with Gasteiger partial charge in [0.25, 0.3) is 0 Å². The molecule has 0 aliphatic carbocycles. The fraction of sp³-hybridized carbons (Fsp3) is 0.417. The van der Waals surface area contributed by atoms with Crippen molar-refractivity contribution in [3.8, 4) is 5.75 Å². The van der Waals surface area contributed by atoms with Crippen molar-refractivity contribution in [3.05, 3.63) is 28.8 Å². The largest absolute Gasteiger partial charge is 0.496 e. The number of hydrogen-bond acceptors (Lipinski definition) is 6. The van der Waals surface area contributed by atoms with Crippen LogP contribution in [0.5, 0.6) is 5.75 Å². The van der Waals surface area contributed by atoms with Gasteiger partial charge in [0.1, 0.15) is 5.75 Å². The molecular formula is C12H16N4OS. The maximum Gasteiger partial charge on any atom is 0.225 e. The van der Waals surface area contributed by atoms with E-state index in [1.165, 1.54) is 28.2 Å². The van der Waals surface area contributed by atoms with Crippen molar-refractivity contribution >= 4 is 16.7 Å². The molecule has 0 aliphatic heterocycles. The van der Waals surface area contributed by atoms with Crippen LogP contribution >= 0.6 is 11.5 Å². The summed E-state index contributed by atoms with van der Waals surface area (Å²) in [6.45, 7) is 4.99. The molecular weight excluding hydrogens is 248 g/mol. The first-order valence-electron chi connectivity index (χ1n) is 5.73. The summed E-state index contributed by atoms with van der Waals surface area (Å²) in [4.78, 5) is 0. The van der Waals surface area contributed by atoms with Gasteiger partial charge in [0, 0.05) is 18.1 Å². The van der Waals surface area contributed by atoms with Crippen LogP contribution in [0.4, 0.5) is 5.13 Å². The first-order valence-corrected chi connectivity index (χ1v) is 6.51. The zero-order chi connectivity index (χ0) is 13.0. The van der Waals surface area contributed by atoms with Gasteiger partial charge in [-0.25, -0.2) is 0 Å². The normalized spacial score (nSPS) is 10.4. The molecule has 0 bridgehead atoms. The van der Waals surface area contributed by atoms with E-state index in [1.807, 2.05) is 0 Å². The highest BCUT2D eigenvalue weighted by molar-refractivity contribution is 7.09. The first kappa shape index (κ1) is 12.8. The third-order valence-corrected chi connectivity index (χ3v) is 3.42. The molecule has 0 radical (unpaired) electrons. The molecule has 0 saturated carbocycles. The number of aryl methyl sites for hydroxylation is 2. The number of hydrogen-bond donors (Lipinski definition) is 1. The van der Waals surface area contributed by atoms with Gasteiger partial charge in [-0.05, 0) is 48.2 Å². The Labute approximate surface area is 110 Å². The Hall–Kier alpha value is -1.69. The standard InChI is InChI=1S/C12H16N4OS/c1-8-6-10(11(17-3)7-9(8)2)4-5-13-12-14-15-16-18-12/h6-7H,4-5H2,1-3H3,(H,13,14,16). The lowest BCUT2D eigenvalue weighted by Crippen LogP contribution is -2.06. The topological polar surface area (TPSA) is 59.9 Å². The number of rotatable bonds is 5. The number of benzene rings is 1. The highest BCUT2D eigenvalue weighted by atomic mass is 32.1. The van der Waals surface area contributed by atoms with Crippen molar-refractivity contribution in [2.45, 2.75) is 20.3 Å². The Kier molecular flexibility index (Phi) is 4.09. The van der Waals surface area contributed by atoms with E-state index in [9.17, 15) is 0 Å². The lowest BCUT2D eigenvalue weighted by Gasteiger charge is -2.11. The van der Waals surface area contributed by atoms with E-state index in [-0.39, 0.29) is 0 Å². The number of nitrogens with zero attached hydrogens (tertiary/aromatic N) is 3. The number of anilines is 1. The molecule has 18 heavy (non-hydrogen) atoms. The summed E-state index contributed by atoms with van der Waals surface area (Å²) in [6.07, 6.45) is 0.879. The van der Waals surface area contributed by atoms with Crippen LogP contribution in [-0.2, 0) is 6.42 Å². The van der Waals surface area contributed by atoms with Gasteiger partial charge in [-0.2, -0.15) is 0 Å². The highest BCUT2D eigenvalue weighted by Crippen LogP contribution is 2.23. The number of methoxy groups -OCH3 is 1. The molecule has 96 valence electrons. The zero-order valence-corrected chi connectivity index (χ0v) is 11.5. The van der Waals surface area contributed by atoms with Crippen LogP contribution < -0.4 is 10.1 Å². The van der Waals surface area contributed by atoms with Crippen molar-refractivity contribution in [2.24, 2.45) is 0 Å². The monoisotopic (exact) mass is 264 g/mol. The predicted molar refractivity (Wildman–Crippen MR) is 72.4 cm³/mol. The molecule has 1 N–H and O–H groups in total. The average Bonchev–Trinajstić information content (AvgIpc) is 2.86. The highest BCUT2D eigenvalue weighted by Gasteiger charge is 2.06. The Morgan fingerprint density at radius 3 is 2.72 bits per heavy atom. The van der Waals surface area contributed by atoms with Crippen molar-refractivity contribution in [3.63, 3.8) is 0 Å². The summed E-state index contributed by atoms with van der Waals surface area (Å²) >= 11 is 1.26. The van der Waals surface area contributed by atoms with Crippen LogP contribution in [0.15, 0.2) is 12.1 Å². The SMILES string of the molecule is COc1cc(C)c(C)cc1CCNc1nnns1. The van der Waals surface area contributed by atoms with Crippen molar-refractivity contribution in [2.75, 3.05) is 19.0 Å². The maximum atomic E-state index is 5.40. The van der Waals surface area contributed by atoms with E-state index in [0.29, 0.717) is 0 Å². The molecule has 0 unspecified atom stereocenters. The Morgan fingerprint density at radius 1 is 1.28 bits per heavy atom. The second-order valence-corrected chi connectivity index (χ2v) is 4.83. The molecule has 2 aromatic rings. The Bertz CT molecular complexity index is 513. The molecule has 0 aliphatic rings. The van der Waals surface area contributed by atoms with Crippen molar-refractivity contribution in [1.29, 1.82) is 0 Å². The third kappa shape index (κ3) is 2.95. The lowest BCUT2D eigenvalue weighted by molar-refractivity contribution is 0.409. The Morgan fingerprint density at radius 2 is 2.06 bits per heavy atom. The quantitative estimate of drug-likeness (QED) is 0.897. The Balaban J connectivity index is 2.02. The van der Waals surface area contributed by atoms with E-state index in [2.05, 4.69) is 46.1 Å². The summed E-state index contributed by atoms with van der Waals surface area (Å²) in [7, 11) is 1.70. The van der Waals surface area contributed by atoms with E-state index >= 15 is 0 Å². The van der Waals surface area contributed by atoms with Gasteiger partial charge < -0.3 is 10.1 Å². The fourth-order valence-electron chi connectivity index (χ4n) is 1.74. The smallest absolute Gasteiger partial charge is 0.225 e. The molecule has 0 fully saturated rings. The number of ether oxygens (including phenoxy) is 1. The minimum absolute atomic E-state index is 0.748. The minimum atomic E-state index is 0.748. The van der Waals surface area contributed by atoms with Gasteiger partial charge in [-0.1, -0.05) is 15.7 Å². The maximum absolute atomic E-state index is 5.40. The van der Waals surface area contributed by atoms with E-state index in [4.69, 9.17) is 4.74 Å². The van der Waals surface area contributed by atoms with E-state index < -0.39 is 0 Å². The molecule has 6 heteroatoms. The minimum Gasteiger partial charge on any atom is -0.496 e. The van der Waals surface area contributed by atoms with Crippen molar-refractivity contribution in [1.82, 2.24) is 14.8 Å². The van der Waals surface area contributed by atoms with Gasteiger partial charge in [0.05, 0.1) is 7.11 Å². The molecule has 0 saturated heterocycles. The van der Waals surface area contributed by atoms with Crippen LogP contribution in [0.25, 0.3) is 0 Å². The third-order valence-electron chi connectivity index (χ3n) is 2.87. The summed E-state index contributed by atoms with van der Waals surface area (Å²) < 4.78 is 9.10. The van der Waals surface area contributed by atoms with Gasteiger partial charge in [-0.3, -0.25) is 0 Å². The number of aromatic nitrogens is 3. The number of nitrogens with one attached hydrogen (secondary N) is 1. The van der Waals surface area contributed by atoms with Crippen LogP contribution in [0.2, 0.25) is 0 Å². The molecule has 5 nitrogen and oxygen atoms in total. The second-order valence-electron chi connectivity index (χ2n) is 4.09. The summed E-state index contributed by atoms with van der Waals surface area (Å²) in [6, 6.07) is 4.26. The van der Waals surface area contributed by atoms with Crippen molar-refractivity contribution < 1.29 is 4.74 Å². The average molecular weight is 264 g/mol. The van der Waals surface area contributed by atoms with Crippen LogP contribution in [-0.4, -0.2) is 28.5 Å². The van der Waals surface area contributed by atoms with Crippen LogP contribution in [0, 0.1) is 13.8 Å². The van der Waals surface area contributed by atoms with Crippen LogP contribution in [0.3, 0.4) is 0 Å². The molecule has 2 rings (SSSR count). The first-order chi connectivity index (χ1) is 8.70. The van der Waals surface area contributed by atoms with Gasteiger partial charge in [0.2, 0.25) is 5.13 Å². The lowest BCUT2D eigenvalue weighted by atomic mass is 10.0. The summed E-state index contributed by atoms with van der Waals surface area (Å²) in [5.74, 6) is 0.940. The van der Waals surface area contributed by atoms with E-state index in [1.54, 1.807) is 7.11 Å². The molecule has 0 atom stereocenters. The molecule has 1 aromatic heterocycles. The molecule has 1 heterocycles. The summed E-state index contributed by atoms with van der Waals surface area (Å²) in [5.41, 5.74) is 3.73.